The first-order valence-corrected chi connectivity index (χ1v) is 7.08. The summed E-state index contributed by atoms with van der Waals surface area (Å²) < 4.78 is 25.7. The van der Waals surface area contributed by atoms with Crippen molar-refractivity contribution in [2.24, 2.45) is 7.05 Å². The van der Waals surface area contributed by atoms with Gasteiger partial charge in [0.2, 0.25) is 0 Å². The number of rotatable bonds is 4. The van der Waals surface area contributed by atoms with E-state index in [0.717, 1.165) is 0 Å². The molecule has 2 rings (SSSR count). The summed E-state index contributed by atoms with van der Waals surface area (Å²) in [6.07, 6.45) is 1.71. The van der Waals surface area contributed by atoms with Crippen LogP contribution in [0.15, 0.2) is 53.6 Å². The zero-order valence-electron chi connectivity index (χ0n) is 9.91. The van der Waals surface area contributed by atoms with Crippen LogP contribution in [0, 0.1) is 0 Å². The average Bonchev–Trinajstić information content (AvgIpc) is 2.76. The van der Waals surface area contributed by atoms with Crippen LogP contribution >= 0.6 is 0 Å². The number of hydrogen-bond acceptors (Lipinski definition) is 3. The molecule has 0 unspecified atom stereocenters. The Balaban J connectivity index is 2.25. The maximum absolute atomic E-state index is 12.0. The fraction of sp³-hybridized carbons (Fsp3) is 0.154. The summed E-state index contributed by atoms with van der Waals surface area (Å²) in [5, 5.41) is 0. The molecule has 0 radical (unpaired) electrons. The van der Waals surface area contributed by atoms with Gasteiger partial charge in [-0.3, -0.25) is 4.79 Å². The van der Waals surface area contributed by atoms with Gasteiger partial charge in [0.05, 0.1) is 10.6 Å². The fourth-order valence-electron chi connectivity index (χ4n) is 1.71. The second-order valence-electron chi connectivity index (χ2n) is 4.00. The molecule has 0 fully saturated rings. The van der Waals surface area contributed by atoms with E-state index in [1.54, 1.807) is 48.1 Å². The van der Waals surface area contributed by atoms with E-state index in [1.165, 1.54) is 12.1 Å². The van der Waals surface area contributed by atoms with Gasteiger partial charge in [-0.15, -0.1) is 0 Å². The molecule has 0 atom stereocenters. The van der Waals surface area contributed by atoms with Crippen LogP contribution in [0.2, 0.25) is 0 Å². The molecule has 1 aromatic carbocycles. The van der Waals surface area contributed by atoms with Crippen LogP contribution < -0.4 is 0 Å². The van der Waals surface area contributed by atoms with Crippen molar-refractivity contribution in [1.29, 1.82) is 0 Å². The van der Waals surface area contributed by atoms with E-state index in [9.17, 15) is 13.2 Å². The quantitative estimate of drug-likeness (QED) is 0.789. The Morgan fingerprint density at radius 3 is 2.33 bits per heavy atom. The SMILES string of the molecule is Cn1cccc1C(=O)CS(=O)(=O)c1ccccc1. The number of Topliss-reactive ketones (excluding diaryl/α,β-unsaturated/α-hetero) is 1. The van der Waals surface area contributed by atoms with Gasteiger partial charge in [0.1, 0.15) is 5.75 Å². The Kier molecular flexibility index (Phi) is 3.34. The van der Waals surface area contributed by atoms with E-state index in [-0.39, 0.29) is 4.90 Å². The number of carbonyl (C=O) groups is 1. The van der Waals surface area contributed by atoms with Gasteiger partial charge in [-0.05, 0) is 24.3 Å². The number of nitrogens with zero attached hydrogens (tertiary/aromatic N) is 1. The molecule has 0 saturated heterocycles. The molecule has 0 bridgehead atoms. The first-order valence-electron chi connectivity index (χ1n) is 5.43. The van der Waals surface area contributed by atoms with Crippen LogP contribution in [0.4, 0.5) is 0 Å². The van der Waals surface area contributed by atoms with Gasteiger partial charge in [-0.25, -0.2) is 8.42 Å². The summed E-state index contributed by atoms with van der Waals surface area (Å²) in [6.45, 7) is 0. The highest BCUT2D eigenvalue weighted by molar-refractivity contribution is 7.92. The molecule has 5 heteroatoms. The third kappa shape index (κ3) is 2.51. The predicted molar refractivity (Wildman–Crippen MR) is 68.2 cm³/mol. The van der Waals surface area contributed by atoms with Crippen molar-refractivity contribution in [3.05, 3.63) is 54.4 Å². The molecule has 0 spiro atoms. The van der Waals surface area contributed by atoms with Crippen LogP contribution in [0.5, 0.6) is 0 Å². The monoisotopic (exact) mass is 263 g/mol. The smallest absolute Gasteiger partial charge is 0.194 e. The number of hydrogen-bond donors (Lipinski definition) is 0. The van der Waals surface area contributed by atoms with Gasteiger partial charge in [0.15, 0.2) is 15.6 Å². The number of aryl methyl sites for hydroxylation is 1. The standard InChI is InChI=1S/C13H13NO3S/c1-14-9-5-8-12(14)13(15)10-18(16,17)11-6-3-2-4-7-11/h2-9H,10H2,1H3. The average molecular weight is 263 g/mol. The molecule has 0 amide bonds. The molecule has 4 nitrogen and oxygen atoms in total. The van der Waals surface area contributed by atoms with Crippen molar-refractivity contribution >= 4 is 15.6 Å². The first kappa shape index (κ1) is 12.6. The largest absolute Gasteiger partial charge is 0.348 e. The van der Waals surface area contributed by atoms with E-state index in [0.29, 0.717) is 5.69 Å². The second kappa shape index (κ2) is 4.78. The van der Waals surface area contributed by atoms with Gasteiger partial charge in [-0.1, -0.05) is 18.2 Å². The first-order chi connectivity index (χ1) is 8.50. The fourth-order valence-corrected chi connectivity index (χ4v) is 2.94. The molecule has 0 N–H and O–H groups in total. The number of carbonyl (C=O) groups excluding carboxylic acids is 1. The third-order valence-corrected chi connectivity index (χ3v) is 4.29. The van der Waals surface area contributed by atoms with Crippen molar-refractivity contribution in [2.45, 2.75) is 4.90 Å². The highest BCUT2D eigenvalue weighted by Crippen LogP contribution is 2.12. The van der Waals surface area contributed by atoms with E-state index >= 15 is 0 Å². The molecule has 0 aliphatic rings. The van der Waals surface area contributed by atoms with E-state index in [2.05, 4.69) is 0 Å². The van der Waals surface area contributed by atoms with Crippen molar-refractivity contribution in [2.75, 3.05) is 5.75 Å². The summed E-state index contributed by atoms with van der Waals surface area (Å²) in [7, 11) is -1.85. The molecule has 0 aliphatic carbocycles. The lowest BCUT2D eigenvalue weighted by Crippen LogP contribution is -2.18. The molecule has 1 aromatic heterocycles. The van der Waals surface area contributed by atoms with Crippen LogP contribution in [-0.2, 0) is 16.9 Å². The highest BCUT2D eigenvalue weighted by atomic mass is 32.2. The highest BCUT2D eigenvalue weighted by Gasteiger charge is 2.21. The minimum atomic E-state index is -3.57. The Labute approximate surface area is 106 Å². The lowest BCUT2D eigenvalue weighted by molar-refractivity contribution is 0.101. The molecule has 18 heavy (non-hydrogen) atoms. The molecule has 94 valence electrons. The van der Waals surface area contributed by atoms with Gasteiger partial charge < -0.3 is 4.57 Å². The van der Waals surface area contributed by atoms with Gasteiger partial charge >= 0.3 is 0 Å². The van der Waals surface area contributed by atoms with E-state index in [4.69, 9.17) is 0 Å². The molecule has 0 aliphatic heterocycles. The summed E-state index contributed by atoms with van der Waals surface area (Å²) in [6, 6.07) is 11.3. The Bertz CT molecular complexity index is 657. The number of benzene rings is 1. The van der Waals surface area contributed by atoms with Crippen molar-refractivity contribution in [3.63, 3.8) is 0 Å². The predicted octanol–water partition coefficient (Wildman–Crippen LogP) is 1.68. The lowest BCUT2D eigenvalue weighted by Gasteiger charge is -2.04. The molecular weight excluding hydrogens is 250 g/mol. The maximum Gasteiger partial charge on any atom is 0.194 e. The van der Waals surface area contributed by atoms with Crippen LogP contribution in [0.1, 0.15) is 10.5 Å². The zero-order valence-corrected chi connectivity index (χ0v) is 10.7. The topological polar surface area (TPSA) is 56.1 Å². The molecular formula is C13H13NO3S. The second-order valence-corrected chi connectivity index (χ2v) is 5.99. The van der Waals surface area contributed by atoms with Gasteiger partial charge in [-0.2, -0.15) is 0 Å². The molecule has 0 saturated carbocycles. The molecule has 2 aromatic rings. The van der Waals surface area contributed by atoms with Crippen molar-refractivity contribution in [1.82, 2.24) is 4.57 Å². The Morgan fingerprint density at radius 1 is 1.11 bits per heavy atom. The summed E-state index contributed by atoms with van der Waals surface area (Å²) >= 11 is 0. The minimum Gasteiger partial charge on any atom is -0.348 e. The Morgan fingerprint density at radius 2 is 1.78 bits per heavy atom. The zero-order chi connectivity index (χ0) is 13.2. The van der Waals surface area contributed by atoms with Crippen LogP contribution in [0.25, 0.3) is 0 Å². The summed E-state index contributed by atoms with van der Waals surface area (Å²) in [4.78, 5) is 12.1. The van der Waals surface area contributed by atoms with Gasteiger partial charge in [0.25, 0.3) is 0 Å². The minimum absolute atomic E-state index is 0.174. The summed E-state index contributed by atoms with van der Waals surface area (Å²) in [5.74, 6) is -0.902. The Hall–Kier alpha value is -1.88. The number of aromatic nitrogens is 1. The molecule has 1 heterocycles. The van der Waals surface area contributed by atoms with Crippen molar-refractivity contribution in [3.8, 4) is 0 Å². The summed E-state index contributed by atoms with van der Waals surface area (Å²) in [5.41, 5.74) is 0.398. The van der Waals surface area contributed by atoms with E-state index < -0.39 is 21.4 Å². The third-order valence-electron chi connectivity index (χ3n) is 2.65. The van der Waals surface area contributed by atoms with Gasteiger partial charge in [0, 0.05) is 13.2 Å². The van der Waals surface area contributed by atoms with Crippen molar-refractivity contribution < 1.29 is 13.2 Å². The van der Waals surface area contributed by atoms with Crippen LogP contribution in [0.3, 0.4) is 0 Å². The van der Waals surface area contributed by atoms with Crippen LogP contribution in [-0.4, -0.2) is 24.5 Å². The maximum atomic E-state index is 12.0. The number of ketones is 1. The van der Waals surface area contributed by atoms with E-state index in [1.807, 2.05) is 0 Å². The lowest BCUT2D eigenvalue weighted by atomic mass is 10.3. The number of sulfone groups is 1. The normalized spacial score (nSPS) is 11.4.